The highest BCUT2D eigenvalue weighted by atomic mass is 16.1. The van der Waals surface area contributed by atoms with Gasteiger partial charge in [-0.1, -0.05) is 48.5 Å². The van der Waals surface area contributed by atoms with Crippen molar-refractivity contribution in [1.29, 1.82) is 0 Å². The van der Waals surface area contributed by atoms with Crippen LogP contribution in [-0.2, 0) is 17.8 Å². The zero-order valence-corrected chi connectivity index (χ0v) is 12.1. The number of nitrogens with zero attached hydrogens (tertiary/aromatic N) is 1. The normalized spacial score (nSPS) is 13.0. The van der Waals surface area contributed by atoms with E-state index in [1.807, 2.05) is 30.3 Å². The molecule has 0 saturated carbocycles. The lowest BCUT2D eigenvalue weighted by Gasteiger charge is -2.18. The highest BCUT2D eigenvalue weighted by molar-refractivity contribution is 5.76. The van der Waals surface area contributed by atoms with Crippen LogP contribution < -0.4 is 10.2 Å². The van der Waals surface area contributed by atoms with Crippen molar-refractivity contribution in [3.63, 3.8) is 0 Å². The standard InChI is InChI=1S/C18H20N2O/c21-18(19-14-15-6-2-1-3-7-15)11-13-20-12-10-16-8-4-5-9-17(16)20/h1-9H,10-14H2,(H,19,21). The first kappa shape index (κ1) is 13.7. The minimum absolute atomic E-state index is 0.114. The second kappa shape index (κ2) is 6.44. The van der Waals surface area contributed by atoms with E-state index in [9.17, 15) is 4.79 Å². The van der Waals surface area contributed by atoms with Gasteiger partial charge in [-0.05, 0) is 23.6 Å². The highest BCUT2D eigenvalue weighted by Gasteiger charge is 2.18. The predicted octanol–water partition coefficient (Wildman–Crippen LogP) is 2.76. The molecule has 1 heterocycles. The van der Waals surface area contributed by atoms with Crippen molar-refractivity contribution in [2.45, 2.75) is 19.4 Å². The summed E-state index contributed by atoms with van der Waals surface area (Å²) >= 11 is 0. The van der Waals surface area contributed by atoms with Gasteiger partial charge in [-0.2, -0.15) is 0 Å². The molecule has 3 heteroatoms. The van der Waals surface area contributed by atoms with Crippen LogP contribution in [0, 0.1) is 0 Å². The monoisotopic (exact) mass is 280 g/mol. The number of anilines is 1. The molecule has 0 saturated heterocycles. The molecular weight excluding hydrogens is 260 g/mol. The van der Waals surface area contributed by atoms with Gasteiger partial charge in [-0.3, -0.25) is 4.79 Å². The molecule has 0 unspecified atom stereocenters. The molecule has 3 nitrogen and oxygen atoms in total. The summed E-state index contributed by atoms with van der Waals surface area (Å²) in [4.78, 5) is 14.3. The van der Waals surface area contributed by atoms with Crippen LogP contribution in [0.25, 0.3) is 0 Å². The molecule has 1 N–H and O–H groups in total. The first-order valence-electron chi connectivity index (χ1n) is 7.46. The Bertz CT molecular complexity index is 610. The third-order valence-corrected chi connectivity index (χ3v) is 3.92. The van der Waals surface area contributed by atoms with E-state index in [4.69, 9.17) is 0 Å². The van der Waals surface area contributed by atoms with Crippen LogP contribution in [0.2, 0.25) is 0 Å². The summed E-state index contributed by atoms with van der Waals surface area (Å²) in [6.45, 7) is 2.42. The maximum Gasteiger partial charge on any atom is 0.222 e. The number of carbonyl (C=O) groups excluding carboxylic acids is 1. The number of hydrogen-bond acceptors (Lipinski definition) is 2. The van der Waals surface area contributed by atoms with Crippen molar-refractivity contribution in [3.05, 3.63) is 65.7 Å². The lowest BCUT2D eigenvalue weighted by atomic mass is 10.2. The number of rotatable bonds is 5. The number of nitrogens with one attached hydrogen (secondary N) is 1. The highest BCUT2D eigenvalue weighted by Crippen LogP contribution is 2.27. The molecule has 1 aliphatic heterocycles. The summed E-state index contributed by atoms with van der Waals surface area (Å²) in [5, 5.41) is 2.98. The summed E-state index contributed by atoms with van der Waals surface area (Å²) in [7, 11) is 0. The molecule has 21 heavy (non-hydrogen) atoms. The maximum absolute atomic E-state index is 11.9. The van der Waals surface area contributed by atoms with Crippen LogP contribution >= 0.6 is 0 Å². The Morgan fingerprint density at radius 3 is 2.67 bits per heavy atom. The molecule has 108 valence electrons. The molecule has 3 rings (SSSR count). The van der Waals surface area contributed by atoms with E-state index >= 15 is 0 Å². The summed E-state index contributed by atoms with van der Waals surface area (Å²) < 4.78 is 0. The SMILES string of the molecule is O=C(CCN1CCc2ccccc21)NCc1ccccc1. The summed E-state index contributed by atoms with van der Waals surface area (Å²) in [6.07, 6.45) is 1.63. The Labute approximate surface area is 125 Å². The van der Waals surface area contributed by atoms with Gasteiger partial charge in [0.25, 0.3) is 0 Å². The molecule has 0 aromatic heterocycles. The lowest BCUT2D eigenvalue weighted by molar-refractivity contribution is -0.121. The van der Waals surface area contributed by atoms with Crippen molar-refractivity contribution in [2.75, 3.05) is 18.0 Å². The average molecular weight is 280 g/mol. The van der Waals surface area contributed by atoms with Crippen LogP contribution in [0.1, 0.15) is 17.5 Å². The minimum Gasteiger partial charge on any atom is -0.370 e. The fraction of sp³-hybridized carbons (Fsp3) is 0.278. The largest absolute Gasteiger partial charge is 0.370 e. The van der Waals surface area contributed by atoms with Gasteiger partial charge >= 0.3 is 0 Å². The van der Waals surface area contributed by atoms with E-state index in [2.05, 4.69) is 34.5 Å². The molecule has 1 aliphatic rings. The van der Waals surface area contributed by atoms with Crippen molar-refractivity contribution >= 4 is 11.6 Å². The first-order valence-corrected chi connectivity index (χ1v) is 7.46. The van der Waals surface area contributed by atoms with Gasteiger partial charge in [-0.15, -0.1) is 0 Å². The van der Waals surface area contributed by atoms with Gasteiger partial charge in [0, 0.05) is 31.7 Å². The summed E-state index contributed by atoms with van der Waals surface area (Å²) in [6, 6.07) is 18.5. The molecule has 0 aliphatic carbocycles. The molecule has 0 spiro atoms. The van der Waals surface area contributed by atoms with Crippen LogP contribution in [0.5, 0.6) is 0 Å². The van der Waals surface area contributed by atoms with Gasteiger partial charge < -0.3 is 10.2 Å². The van der Waals surface area contributed by atoms with Gasteiger partial charge in [0.2, 0.25) is 5.91 Å². The number of hydrogen-bond donors (Lipinski definition) is 1. The molecule has 0 fully saturated rings. The van der Waals surface area contributed by atoms with Gasteiger partial charge in [0.15, 0.2) is 0 Å². The lowest BCUT2D eigenvalue weighted by Crippen LogP contribution is -2.29. The van der Waals surface area contributed by atoms with Crippen molar-refractivity contribution in [3.8, 4) is 0 Å². The van der Waals surface area contributed by atoms with E-state index in [0.717, 1.165) is 25.1 Å². The maximum atomic E-state index is 11.9. The molecule has 2 aromatic carbocycles. The third-order valence-electron chi connectivity index (χ3n) is 3.92. The van der Waals surface area contributed by atoms with Crippen LogP contribution in [0.3, 0.4) is 0 Å². The van der Waals surface area contributed by atoms with E-state index in [0.29, 0.717) is 13.0 Å². The number of amides is 1. The molecule has 1 amide bonds. The molecule has 0 atom stereocenters. The van der Waals surface area contributed by atoms with Crippen LogP contribution in [-0.4, -0.2) is 19.0 Å². The van der Waals surface area contributed by atoms with Crippen LogP contribution in [0.4, 0.5) is 5.69 Å². The minimum atomic E-state index is 0.114. The third kappa shape index (κ3) is 3.43. The number of benzene rings is 2. The van der Waals surface area contributed by atoms with Crippen molar-refractivity contribution < 1.29 is 4.79 Å². The molecule has 2 aromatic rings. The van der Waals surface area contributed by atoms with Gasteiger partial charge in [0.1, 0.15) is 0 Å². The van der Waals surface area contributed by atoms with Gasteiger partial charge in [0.05, 0.1) is 0 Å². The van der Waals surface area contributed by atoms with Gasteiger partial charge in [-0.25, -0.2) is 0 Å². The molecular formula is C18H20N2O. The van der Waals surface area contributed by atoms with E-state index in [1.165, 1.54) is 11.3 Å². The van der Waals surface area contributed by atoms with Crippen LogP contribution in [0.15, 0.2) is 54.6 Å². The fourth-order valence-electron chi connectivity index (χ4n) is 2.76. The smallest absolute Gasteiger partial charge is 0.222 e. The predicted molar refractivity (Wildman–Crippen MR) is 85.3 cm³/mol. The zero-order valence-electron chi connectivity index (χ0n) is 12.1. The Hall–Kier alpha value is -2.29. The van der Waals surface area contributed by atoms with Crippen molar-refractivity contribution in [1.82, 2.24) is 5.32 Å². The first-order chi connectivity index (χ1) is 10.3. The number of fused-ring (bicyclic) bond motifs is 1. The quantitative estimate of drug-likeness (QED) is 0.913. The van der Waals surface area contributed by atoms with E-state index in [-0.39, 0.29) is 5.91 Å². The van der Waals surface area contributed by atoms with Crippen molar-refractivity contribution in [2.24, 2.45) is 0 Å². The summed E-state index contributed by atoms with van der Waals surface area (Å²) in [5.74, 6) is 0.114. The van der Waals surface area contributed by atoms with E-state index < -0.39 is 0 Å². The Morgan fingerprint density at radius 2 is 1.81 bits per heavy atom. The molecule has 0 radical (unpaired) electrons. The van der Waals surface area contributed by atoms with E-state index in [1.54, 1.807) is 0 Å². The zero-order chi connectivity index (χ0) is 14.5. The Morgan fingerprint density at radius 1 is 1.05 bits per heavy atom. The summed E-state index contributed by atoms with van der Waals surface area (Å²) in [5.41, 5.74) is 3.81. The second-order valence-electron chi connectivity index (χ2n) is 5.38. The second-order valence-corrected chi connectivity index (χ2v) is 5.38. The fourth-order valence-corrected chi connectivity index (χ4v) is 2.76. The molecule has 0 bridgehead atoms. The Balaban J connectivity index is 1.47. The number of para-hydroxylation sites is 1. The average Bonchev–Trinajstić information content (AvgIpc) is 2.95. The Kier molecular flexibility index (Phi) is 4.20. The number of carbonyl (C=O) groups is 1. The topological polar surface area (TPSA) is 32.3 Å².